The molecule has 0 unspecified atom stereocenters. The molecule has 0 saturated heterocycles. The Labute approximate surface area is 119 Å². The van der Waals surface area contributed by atoms with E-state index in [-0.39, 0.29) is 0 Å². The van der Waals surface area contributed by atoms with E-state index < -0.39 is 7.81 Å². The second-order valence-electron chi connectivity index (χ2n) is 2.38. The second kappa shape index (κ2) is 14.5. The fraction of sp³-hybridized carbons (Fsp3) is 0.600. The molecular weight excluding hydrogens is 340 g/mol. The molecule has 0 aliphatic carbocycles. The van der Waals surface area contributed by atoms with Crippen molar-refractivity contribution in [3.8, 4) is 0 Å². The summed E-state index contributed by atoms with van der Waals surface area (Å²) in [5.74, 6) is 0. The van der Waals surface area contributed by atoms with Gasteiger partial charge in [0, 0.05) is 0 Å². The molecule has 0 heterocycles. The first-order valence-electron chi connectivity index (χ1n) is 5.00. The SMILES string of the molecule is CC=O.C[CH]=[Ni].F[P-](F)(F)(F)(F)F.[CH2-]CC.[CH2-]CC. The van der Waals surface area contributed by atoms with Crippen molar-refractivity contribution in [1.29, 1.82) is 0 Å². The maximum Gasteiger partial charge on any atom is -0.0927 e. The topological polar surface area (TPSA) is 17.1 Å². The Balaban J connectivity index is -0.0000000467. The van der Waals surface area contributed by atoms with E-state index in [9.17, 15) is 25.2 Å². The Morgan fingerprint density at radius 1 is 0.947 bits per heavy atom. The molecular formula is C10H22F6NiOP-3. The van der Waals surface area contributed by atoms with E-state index in [1.807, 2.05) is 20.8 Å². The largest absolute Gasteiger partial charge is 0.344 e. The summed E-state index contributed by atoms with van der Waals surface area (Å²) in [7, 11) is -10.7. The number of hydrogen-bond acceptors (Lipinski definition) is 1. The zero-order valence-corrected chi connectivity index (χ0v) is 13.3. The molecule has 0 aromatic rings. The quantitative estimate of drug-likeness (QED) is 0.160. The first-order chi connectivity index (χ1) is 8.11. The fourth-order valence-corrected chi connectivity index (χ4v) is 0. The van der Waals surface area contributed by atoms with E-state index >= 15 is 0 Å². The van der Waals surface area contributed by atoms with Crippen LogP contribution in [0.1, 0.15) is 40.5 Å². The van der Waals surface area contributed by atoms with E-state index in [2.05, 4.69) is 28.9 Å². The first kappa shape index (κ1) is 31.4. The smallest absolute Gasteiger partial charge is 0.0927 e. The van der Waals surface area contributed by atoms with Gasteiger partial charge in [-0.15, -0.1) is 0 Å². The van der Waals surface area contributed by atoms with Crippen molar-refractivity contribution >= 4 is 19.1 Å². The summed E-state index contributed by atoms with van der Waals surface area (Å²) >= 11 is 4.04. The Morgan fingerprint density at radius 3 is 0.947 bits per heavy atom. The third-order valence-electron chi connectivity index (χ3n) is 0. The first-order valence-corrected chi connectivity index (χ1v) is 7.60. The van der Waals surface area contributed by atoms with E-state index in [1.165, 1.54) is 6.92 Å². The van der Waals surface area contributed by atoms with Gasteiger partial charge in [-0.1, -0.05) is 13.8 Å². The molecule has 0 N–H and O–H groups in total. The summed E-state index contributed by atoms with van der Waals surface area (Å²) in [5.41, 5.74) is 0. The van der Waals surface area contributed by atoms with Crippen LogP contribution in [0.2, 0.25) is 0 Å². The molecule has 0 spiro atoms. The number of rotatable bonds is 0. The van der Waals surface area contributed by atoms with Crippen LogP contribution in [0.5, 0.6) is 0 Å². The summed E-state index contributed by atoms with van der Waals surface area (Å²) in [4.78, 5) is 10.4. The van der Waals surface area contributed by atoms with Gasteiger partial charge in [0.1, 0.15) is 6.29 Å². The van der Waals surface area contributed by atoms with E-state index in [1.54, 1.807) is 4.99 Å². The Hall–Kier alpha value is 0.0435. The summed E-state index contributed by atoms with van der Waals surface area (Å²) in [6.07, 6.45) is 2.75. The van der Waals surface area contributed by atoms with Gasteiger partial charge in [-0.25, -0.2) is 0 Å². The summed E-state index contributed by atoms with van der Waals surface area (Å²) < 4.78 is 59.2. The van der Waals surface area contributed by atoms with Crippen LogP contribution >= 0.6 is 7.81 Å². The molecule has 0 bridgehead atoms. The third-order valence-corrected chi connectivity index (χ3v) is 0. The Morgan fingerprint density at radius 2 is 0.947 bits per heavy atom. The third kappa shape index (κ3) is 2450000. The normalized spacial score (nSPS) is 11.9. The second-order valence-corrected chi connectivity index (χ2v) is 4.86. The minimum absolute atomic E-state index is 0.750. The maximum atomic E-state index is 9.87. The molecule has 0 aliphatic rings. The van der Waals surface area contributed by atoms with Gasteiger partial charge in [0.25, 0.3) is 0 Å². The van der Waals surface area contributed by atoms with Gasteiger partial charge in [0.15, 0.2) is 0 Å². The fourth-order valence-electron chi connectivity index (χ4n) is 0. The molecule has 0 amide bonds. The average molecular weight is 362 g/mol. The molecule has 0 aromatic heterocycles. The van der Waals surface area contributed by atoms with Crippen LogP contribution in [0.3, 0.4) is 0 Å². The van der Waals surface area contributed by atoms with E-state index in [0.29, 0.717) is 0 Å². The van der Waals surface area contributed by atoms with Crippen LogP contribution in [-0.4, -0.2) is 11.3 Å². The minimum Gasteiger partial charge on any atom is -0.344 e. The van der Waals surface area contributed by atoms with E-state index in [4.69, 9.17) is 4.79 Å². The van der Waals surface area contributed by atoms with Crippen LogP contribution in [0, 0.1) is 13.8 Å². The Kier molecular flexibility index (Phi) is 23.9. The van der Waals surface area contributed by atoms with E-state index in [0.717, 1.165) is 19.1 Å². The summed E-state index contributed by atoms with van der Waals surface area (Å²) in [6.45, 7) is 14.3. The standard InChI is InChI=1S/2C3H7.C2H4O.C2H4.F6P.Ni/c2*1-3-2;1-2-3;1-2;1-7(2,3,4,5)6;/h2*1,3H2,2H3;2H,1H3;1H,2H3;;/q2*-1;;;-1;. The Bertz CT molecular complexity index is 169. The van der Waals surface area contributed by atoms with Gasteiger partial charge in [-0.05, 0) is 6.92 Å². The van der Waals surface area contributed by atoms with Gasteiger partial charge in [-0.2, -0.15) is 12.8 Å². The van der Waals surface area contributed by atoms with Gasteiger partial charge in [0.05, 0.1) is 0 Å². The van der Waals surface area contributed by atoms with Crippen LogP contribution in [-0.2, 0) is 19.8 Å². The number of carbonyl (C=O) groups excluding carboxylic acids is 1. The van der Waals surface area contributed by atoms with Crippen molar-refractivity contribution < 1.29 is 45.0 Å². The number of hydrogen-bond donors (Lipinski definition) is 0. The number of carbonyl (C=O) groups is 1. The van der Waals surface area contributed by atoms with Gasteiger partial charge in [-0.3, -0.25) is 0 Å². The van der Waals surface area contributed by atoms with Crippen molar-refractivity contribution in [2.24, 2.45) is 0 Å². The molecule has 0 aliphatic heterocycles. The molecule has 0 radical (unpaired) electrons. The zero-order chi connectivity index (χ0) is 17.2. The van der Waals surface area contributed by atoms with Crippen molar-refractivity contribution in [3.05, 3.63) is 13.8 Å². The van der Waals surface area contributed by atoms with Crippen molar-refractivity contribution in [2.75, 3.05) is 0 Å². The summed E-state index contributed by atoms with van der Waals surface area (Å²) in [6, 6.07) is 0. The summed E-state index contributed by atoms with van der Waals surface area (Å²) in [5, 5.41) is 0. The molecule has 0 saturated carbocycles. The molecule has 0 aromatic carbocycles. The number of aldehydes is 1. The van der Waals surface area contributed by atoms with Gasteiger partial charge < -0.3 is 18.6 Å². The van der Waals surface area contributed by atoms with Gasteiger partial charge >= 0.3 is 59.9 Å². The molecule has 0 rings (SSSR count). The van der Waals surface area contributed by atoms with Gasteiger partial charge in [0.2, 0.25) is 0 Å². The maximum absolute atomic E-state index is 10.7. The molecule has 19 heavy (non-hydrogen) atoms. The predicted molar refractivity (Wildman–Crippen MR) is 68.3 cm³/mol. The molecule has 0 fully saturated rings. The van der Waals surface area contributed by atoms with Crippen LogP contribution < -0.4 is 0 Å². The average Bonchev–Trinajstić information content (AvgIpc) is 2.01. The molecule has 128 valence electrons. The predicted octanol–water partition coefficient (Wildman–Crippen LogP) is 6.40. The van der Waals surface area contributed by atoms with Crippen molar-refractivity contribution in [2.45, 2.75) is 40.5 Å². The molecule has 9 heteroatoms. The van der Waals surface area contributed by atoms with Crippen LogP contribution in [0.15, 0.2) is 0 Å². The van der Waals surface area contributed by atoms with Crippen molar-refractivity contribution in [1.82, 2.24) is 0 Å². The van der Waals surface area contributed by atoms with Crippen LogP contribution in [0.4, 0.5) is 25.2 Å². The molecule has 1 nitrogen and oxygen atoms in total. The zero-order valence-electron chi connectivity index (χ0n) is 11.4. The monoisotopic (exact) mass is 361 g/mol. The minimum atomic E-state index is -10.7. The molecule has 0 atom stereocenters. The van der Waals surface area contributed by atoms with Crippen LogP contribution in [0.25, 0.3) is 0 Å². The number of halogens is 6. The van der Waals surface area contributed by atoms with Crippen molar-refractivity contribution in [3.63, 3.8) is 0 Å².